The molecule has 5 heteroatoms. The summed E-state index contributed by atoms with van der Waals surface area (Å²) in [7, 11) is 0. The fraction of sp³-hybridized carbons (Fsp3) is 0.438. The Labute approximate surface area is 123 Å². The van der Waals surface area contributed by atoms with Crippen molar-refractivity contribution in [3.63, 3.8) is 0 Å². The number of nitrogens with zero attached hydrogens (tertiary/aromatic N) is 2. The van der Waals surface area contributed by atoms with E-state index in [0.29, 0.717) is 11.7 Å². The topological polar surface area (TPSA) is 38.0 Å². The van der Waals surface area contributed by atoms with E-state index >= 15 is 0 Å². The molecule has 21 heavy (non-hydrogen) atoms. The minimum absolute atomic E-state index is 0.0883. The zero-order valence-corrected chi connectivity index (χ0v) is 12.3. The second kappa shape index (κ2) is 6.80. The van der Waals surface area contributed by atoms with Crippen LogP contribution in [0.5, 0.6) is 0 Å². The maximum absolute atomic E-state index is 13.6. The molecule has 0 saturated carbocycles. The highest BCUT2D eigenvalue weighted by Gasteiger charge is 2.19. The summed E-state index contributed by atoms with van der Waals surface area (Å²) < 4.78 is 29.1. The van der Waals surface area contributed by atoms with Crippen LogP contribution in [0.4, 0.5) is 8.78 Å². The lowest BCUT2D eigenvalue weighted by molar-refractivity contribution is 0.166. The van der Waals surface area contributed by atoms with Gasteiger partial charge in [0, 0.05) is 12.6 Å². The van der Waals surface area contributed by atoms with Crippen molar-refractivity contribution in [3.8, 4) is 0 Å². The number of benzene rings is 1. The van der Waals surface area contributed by atoms with Gasteiger partial charge in [-0.3, -0.25) is 4.68 Å². The molecule has 1 unspecified atom stereocenters. The molecule has 0 saturated heterocycles. The van der Waals surface area contributed by atoms with Gasteiger partial charge < -0.3 is 5.11 Å². The molecule has 114 valence electrons. The van der Waals surface area contributed by atoms with E-state index in [1.54, 1.807) is 6.07 Å². The van der Waals surface area contributed by atoms with Crippen molar-refractivity contribution in [3.05, 3.63) is 53.4 Å². The van der Waals surface area contributed by atoms with E-state index in [-0.39, 0.29) is 12.0 Å². The number of rotatable bonds is 6. The molecule has 0 fully saturated rings. The van der Waals surface area contributed by atoms with Crippen LogP contribution in [0.2, 0.25) is 0 Å². The van der Waals surface area contributed by atoms with Crippen LogP contribution in [0.25, 0.3) is 0 Å². The molecule has 0 bridgehead atoms. The van der Waals surface area contributed by atoms with Gasteiger partial charge in [-0.1, -0.05) is 19.9 Å². The number of hydrogen-bond acceptors (Lipinski definition) is 2. The molecule has 0 amide bonds. The van der Waals surface area contributed by atoms with Gasteiger partial charge in [-0.2, -0.15) is 5.10 Å². The molecule has 3 nitrogen and oxygen atoms in total. The number of aromatic nitrogens is 2. The average Bonchev–Trinajstić information content (AvgIpc) is 2.88. The Morgan fingerprint density at radius 1 is 1.14 bits per heavy atom. The maximum Gasteiger partial charge on any atom is 0.131 e. The Hall–Kier alpha value is -1.75. The van der Waals surface area contributed by atoms with Crippen molar-refractivity contribution in [1.29, 1.82) is 0 Å². The van der Waals surface area contributed by atoms with Gasteiger partial charge in [-0.05, 0) is 31.0 Å². The summed E-state index contributed by atoms with van der Waals surface area (Å²) in [5.74, 6) is -1.47. The highest BCUT2D eigenvalue weighted by atomic mass is 19.1. The predicted octanol–water partition coefficient (Wildman–Crippen LogP) is 3.80. The highest BCUT2D eigenvalue weighted by molar-refractivity contribution is 5.23. The summed E-state index contributed by atoms with van der Waals surface area (Å²) in [5.41, 5.74) is 0.326. The predicted molar refractivity (Wildman–Crippen MR) is 76.9 cm³/mol. The van der Waals surface area contributed by atoms with E-state index in [9.17, 15) is 13.9 Å². The number of halogens is 2. The normalized spacial score (nSPS) is 12.9. The first-order chi connectivity index (χ1) is 10.1. The van der Waals surface area contributed by atoms with Gasteiger partial charge >= 0.3 is 0 Å². The standard InChI is InChI=1S/C16H20F2N2O/c1-3-12(4-2)20-9-8-11(19-20)10-15(21)16-13(17)6-5-7-14(16)18/h5-9,12,15,21H,3-4,10H2,1-2H3. The first-order valence-electron chi connectivity index (χ1n) is 7.22. The lowest BCUT2D eigenvalue weighted by Gasteiger charge is -2.13. The molecule has 0 aliphatic heterocycles. The maximum atomic E-state index is 13.6. The minimum Gasteiger partial charge on any atom is -0.388 e. The van der Waals surface area contributed by atoms with Crippen LogP contribution in [-0.2, 0) is 6.42 Å². The molecule has 0 aliphatic carbocycles. The molecule has 0 aliphatic rings. The third-order valence-electron chi connectivity index (χ3n) is 3.72. The van der Waals surface area contributed by atoms with E-state index < -0.39 is 17.7 Å². The second-order valence-electron chi connectivity index (χ2n) is 5.11. The fourth-order valence-electron chi connectivity index (χ4n) is 2.48. The molecular formula is C16H20F2N2O. The summed E-state index contributed by atoms with van der Waals surface area (Å²) in [6.07, 6.45) is 2.61. The number of aliphatic hydroxyl groups is 1. The Morgan fingerprint density at radius 2 is 1.76 bits per heavy atom. The summed E-state index contributed by atoms with van der Waals surface area (Å²) in [6.45, 7) is 4.16. The molecule has 1 N–H and O–H groups in total. The molecule has 1 aromatic heterocycles. The smallest absolute Gasteiger partial charge is 0.131 e. The van der Waals surface area contributed by atoms with Crippen LogP contribution >= 0.6 is 0 Å². The number of aliphatic hydroxyl groups excluding tert-OH is 1. The van der Waals surface area contributed by atoms with E-state index in [2.05, 4.69) is 18.9 Å². The van der Waals surface area contributed by atoms with Crippen LogP contribution in [-0.4, -0.2) is 14.9 Å². The molecule has 0 radical (unpaired) electrons. The van der Waals surface area contributed by atoms with E-state index in [1.165, 1.54) is 6.07 Å². The molecule has 0 spiro atoms. The van der Waals surface area contributed by atoms with Crippen LogP contribution in [0, 0.1) is 11.6 Å². The third kappa shape index (κ3) is 3.47. The Bertz CT molecular complexity index is 573. The Balaban J connectivity index is 2.15. The highest BCUT2D eigenvalue weighted by Crippen LogP contribution is 2.24. The second-order valence-corrected chi connectivity index (χ2v) is 5.11. The minimum atomic E-state index is -1.24. The Morgan fingerprint density at radius 3 is 2.33 bits per heavy atom. The lowest BCUT2D eigenvalue weighted by atomic mass is 10.0. The van der Waals surface area contributed by atoms with Gasteiger partial charge in [0.2, 0.25) is 0 Å². The molecule has 1 atom stereocenters. The van der Waals surface area contributed by atoms with Gasteiger partial charge in [-0.15, -0.1) is 0 Å². The van der Waals surface area contributed by atoms with Crippen LogP contribution in [0.1, 0.15) is 50.1 Å². The van der Waals surface area contributed by atoms with Crippen LogP contribution in [0.3, 0.4) is 0 Å². The monoisotopic (exact) mass is 294 g/mol. The quantitative estimate of drug-likeness (QED) is 0.880. The largest absolute Gasteiger partial charge is 0.388 e. The Kier molecular flexibility index (Phi) is 5.07. The van der Waals surface area contributed by atoms with Gasteiger partial charge in [0.15, 0.2) is 0 Å². The zero-order chi connectivity index (χ0) is 15.4. The van der Waals surface area contributed by atoms with Gasteiger partial charge in [0.1, 0.15) is 11.6 Å². The van der Waals surface area contributed by atoms with Crippen molar-refractivity contribution in [1.82, 2.24) is 9.78 Å². The van der Waals surface area contributed by atoms with E-state index in [0.717, 1.165) is 25.0 Å². The van der Waals surface area contributed by atoms with Crippen LogP contribution in [0.15, 0.2) is 30.5 Å². The molecule has 2 aromatic rings. The summed E-state index contributed by atoms with van der Waals surface area (Å²) in [4.78, 5) is 0. The van der Waals surface area contributed by atoms with Gasteiger partial charge in [-0.25, -0.2) is 8.78 Å². The fourth-order valence-corrected chi connectivity index (χ4v) is 2.48. The van der Waals surface area contributed by atoms with Crippen molar-refractivity contribution in [2.24, 2.45) is 0 Å². The van der Waals surface area contributed by atoms with Crippen LogP contribution < -0.4 is 0 Å². The SMILES string of the molecule is CCC(CC)n1ccc(CC(O)c2c(F)cccc2F)n1. The summed E-state index contributed by atoms with van der Waals surface area (Å²) >= 11 is 0. The molecule has 1 heterocycles. The number of hydrogen-bond donors (Lipinski definition) is 1. The van der Waals surface area contributed by atoms with Crippen molar-refractivity contribution < 1.29 is 13.9 Å². The lowest BCUT2D eigenvalue weighted by Crippen LogP contribution is -2.10. The summed E-state index contributed by atoms with van der Waals surface area (Å²) in [6, 6.07) is 5.65. The third-order valence-corrected chi connectivity index (χ3v) is 3.72. The van der Waals surface area contributed by atoms with Crippen molar-refractivity contribution >= 4 is 0 Å². The molecule has 2 rings (SSSR count). The molecule has 1 aromatic carbocycles. The zero-order valence-electron chi connectivity index (χ0n) is 12.3. The van der Waals surface area contributed by atoms with Crippen molar-refractivity contribution in [2.45, 2.75) is 45.3 Å². The van der Waals surface area contributed by atoms with Gasteiger partial charge in [0.05, 0.1) is 23.4 Å². The van der Waals surface area contributed by atoms with E-state index in [1.807, 2.05) is 10.9 Å². The molecular weight excluding hydrogens is 274 g/mol. The summed E-state index contributed by atoms with van der Waals surface area (Å²) in [5, 5.41) is 14.5. The first kappa shape index (κ1) is 15.6. The average molecular weight is 294 g/mol. The van der Waals surface area contributed by atoms with E-state index in [4.69, 9.17) is 0 Å². The van der Waals surface area contributed by atoms with Crippen molar-refractivity contribution in [2.75, 3.05) is 0 Å². The van der Waals surface area contributed by atoms with Gasteiger partial charge in [0.25, 0.3) is 0 Å². The first-order valence-corrected chi connectivity index (χ1v) is 7.22.